The second-order valence-electron chi connectivity index (χ2n) is 20.1. The average Bonchev–Trinajstić information content (AvgIpc) is 3.17. The number of hydrogen-bond acceptors (Lipinski definition) is 2. The van der Waals surface area contributed by atoms with E-state index in [1.165, 1.54) is 44.2 Å². The normalized spacial score (nSPS) is 12.5. The number of anilines is 6. The molecule has 0 radical (unpaired) electrons. The van der Waals surface area contributed by atoms with Crippen molar-refractivity contribution < 1.29 is 0 Å². The van der Waals surface area contributed by atoms with Crippen LogP contribution in [0.25, 0.3) is 21.9 Å². The summed E-state index contributed by atoms with van der Waals surface area (Å²) in [7, 11) is 0. The van der Waals surface area contributed by atoms with E-state index in [2.05, 4.69) is 251 Å². The second-order valence-corrected chi connectivity index (χ2v) is 20.1. The van der Waals surface area contributed by atoms with Crippen molar-refractivity contribution in [2.24, 2.45) is 0 Å². The fourth-order valence-electron chi connectivity index (χ4n) is 7.80. The predicted octanol–water partition coefficient (Wildman–Crippen LogP) is 16.6. The predicted molar refractivity (Wildman–Crippen MR) is 254 cm³/mol. The van der Waals surface area contributed by atoms with E-state index in [1.807, 2.05) is 0 Å². The summed E-state index contributed by atoms with van der Waals surface area (Å²) in [5, 5.41) is 2.44. The van der Waals surface area contributed by atoms with Crippen LogP contribution in [-0.4, -0.2) is 0 Å². The van der Waals surface area contributed by atoms with Gasteiger partial charge in [-0.2, -0.15) is 0 Å². The van der Waals surface area contributed by atoms with Gasteiger partial charge < -0.3 is 9.80 Å². The van der Waals surface area contributed by atoms with E-state index in [9.17, 15) is 0 Å². The van der Waals surface area contributed by atoms with Gasteiger partial charge in [-0.15, -0.1) is 0 Å². The molecule has 0 unspecified atom stereocenters. The molecular weight excluding hydrogens is 701 g/mol. The van der Waals surface area contributed by atoms with Gasteiger partial charge in [0.25, 0.3) is 0 Å². The number of nitrogens with zero attached hydrogens (tertiary/aromatic N) is 2. The van der Waals surface area contributed by atoms with Crippen molar-refractivity contribution in [1.82, 2.24) is 0 Å². The minimum absolute atomic E-state index is 0.0337. The Morgan fingerprint density at radius 2 is 0.638 bits per heavy atom. The largest absolute Gasteiger partial charge is 0.310 e. The minimum Gasteiger partial charge on any atom is -0.310 e. The van der Waals surface area contributed by atoms with Crippen molar-refractivity contribution in [1.29, 1.82) is 0 Å². The molecule has 0 bridgehead atoms. The molecule has 0 heterocycles. The van der Waals surface area contributed by atoms with E-state index >= 15 is 0 Å². The molecule has 7 rings (SSSR count). The van der Waals surface area contributed by atoms with Crippen LogP contribution < -0.4 is 9.80 Å². The Morgan fingerprint density at radius 3 is 1.02 bits per heavy atom. The lowest BCUT2D eigenvalue weighted by molar-refractivity contribution is 0.589. The molecular formula is C56H62N2. The molecule has 0 N–H and O–H groups in total. The van der Waals surface area contributed by atoms with E-state index in [0.29, 0.717) is 0 Å². The Hall–Kier alpha value is -5.60. The molecule has 58 heavy (non-hydrogen) atoms. The summed E-state index contributed by atoms with van der Waals surface area (Å²) in [5.74, 6) is 0. The number of para-hydroxylation sites is 1. The van der Waals surface area contributed by atoms with E-state index in [1.54, 1.807) is 0 Å². The zero-order valence-electron chi connectivity index (χ0n) is 36.9. The molecule has 296 valence electrons. The number of benzene rings is 7. The number of rotatable bonds is 7. The molecule has 0 fully saturated rings. The standard InChI is InChI=1S/C56H62N2/c1-53(2,3)42-24-30-47(31-25-42)57(46-20-14-13-15-21-46)50-37-45(56(10,11)12)38-51(52(50)41-23-22-39-18-16-17-19-40(39)36-41)58(48-32-26-43(27-33-48)54(4,5)6)49-34-28-44(29-35-49)55(7,8)9/h13-38H,1-12H3. The number of hydrogen-bond donors (Lipinski definition) is 0. The molecule has 2 heteroatoms. The van der Waals surface area contributed by atoms with Gasteiger partial charge in [0.15, 0.2) is 0 Å². The van der Waals surface area contributed by atoms with Crippen LogP contribution in [-0.2, 0) is 21.7 Å². The zero-order chi connectivity index (χ0) is 41.6. The second kappa shape index (κ2) is 15.3. The summed E-state index contributed by atoms with van der Waals surface area (Å²) in [5.41, 5.74) is 14.2. The lowest BCUT2D eigenvalue weighted by Crippen LogP contribution is -2.20. The van der Waals surface area contributed by atoms with Crippen LogP contribution in [0.4, 0.5) is 34.1 Å². The molecule has 0 saturated heterocycles. The first-order valence-electron chi connectivity index (χ1n) is 20.9. The highest BCUT2D eigenvalue weighted by Crippen LogP contribution is 2.51. The van der Waals surface area contributed by atoms with Gasteiger partial charge >= 0.3 is 0 Å². The molecule has 2 nitrogen and oxygen atoms in total. The lowest BCUT2D eigenvalue weighted by Gasteiger charge is -2.36. The van der Waals surface area contributed by atoms with Crippen molar-refractivity contribution in [3.05, 3.63) is 180 Å². The van der Waals surface area contributed by atoms with E-state index in [0.717, 1.165) is 34.1 Å². The van der Waals surface area contributed by atoms with Crippen LogP contribution >= 0.6 is 0 Å². The molecule has 0 aliphatic rings. The summed E-state index contributed by atoms with van der Waals surface area (Å²) in [6.45, 7) is 27.6. The van der Waals surface area contributed by atoms with Gasteiger partial charge in [-0.05, 0) is 127 Å². The summed E-state index contributed by atoms with van der Waals surface area (Å²) < 4.78 is 0. The van der Waals surface area contributed by atoms with Crippen LogP contribution in [0.5, 0.6) is 0 Å². The molecule has 0 aromatic heterocycles. The van der Waals surface area contributed by atoms with Gasteiger partial charge in [0, 0.05) is 28.3 Å². The van der Waals surface area contributed by atoms with Gasteiger partial charge in [0.2, 0.25) is 0 Å². The van der Waals surface area contributed by atoms with E-state index in [-0.39, 0.29) is 21.7 Å². The first-order valence-corrected chi connectivity index (χ1v) is 20.9. The topological polar surface area (TPSA) is 6.48 Å². The molecule has 0 aliphatic carbocycles. The Bertz CT molecular complexity index is 2440. The molecule has 7 aromatic carbocycles. The molecule has 0 aliphatic heterocycles. The van der Waals surface area contributed by atoms with Crippen molar-refractivity contribution >= 4 is 44.9 Å². The highest BCUT2D eigenvalue weighted by Gasteiger charge is 2.29. The maximum absolute atomic E-state index is 2.49. The smallest absolute Gasteiger partial charge is 0.0564 e. The molecule has 0 saturated carbocycles. The Labute approximate surface area is 349 Å². The molecule has 0 amide bonds. The van der Waals surface area contributed by atoms with Crippen molar-refractivity contribution in [3.63, 3.8) is 0 Å². The van der Waals surface area contributed by atoms with Crippen LogP contribution in [0.15, 0.2) is 158 Å². The third-order valence-corrected chi connectivity index (χ3v) is 11.5. The summed E-state index contributed by atoms with van der Waals surface area (Å²) in [6, 6.07) is 59.1. The fourth-order valence-corrected chi connectivity index (χ4v) is 7.80. The van der Waals surface area contributed by atoms with Crippen molar-refractivity contribution in [2.75, 3.05) is 9.80 Å². The first kappa shape index (κ1) is 40.6. The first-order chi connectivity index (χ1) is 27.3. The third kappa shape index (κ3) is 8.48. The highest BCUT2D eigenvalue weighted by molar-refractivity contribution is 6.01. The highest BCUT2D eigenvalue weighted by atomic mass is 15.2. The summed E-state index contributed by atoms with van der Waals surface area (Å²) in [6.07, 6.45) is 0. The van der Waals surface area contributed by atoms with E-state index in [4.69, 9.17) is 0 Å². The zero-order valence-corrected chi connectivity index (χ0v) is 36.9. The van der Waals surface area contributed by atoms with Gasteiger partial charge in [-0.25, -0.2) is 0 Å². The molecule has 0 spiro atoms. The third-order valence-electron chi connectivity index (χ3n) is 11.5. The maximum atomic E-state index is 2.49. The maximum Gasteiger partial charge on any atom is 0.0564 e. The van der Waals surface area contributed by atoms with Crippen molar-refractivity contribution in [3.8, 4) is 11.1 Å². The monoisotopic (exact) mass is 762 g/mol. The SMILES string of the molecule is CC(C)(C)c1ccc(N(c2ccccc2)c2cc(C(C)(C)C)cc(N(c3ccc(C(C)(C)C)cc3)c3ccc(C(C)(C)C)cc3)c2-c2ccc3ccccc3c2)cc1. The van der Waals surface area contributed by atoms with Gasteiger partial charge in [0.05, 0.1) is 11.4 Å². The minimum atomic E-state index is -0.151. The Balaban J connectivity index is 1.62. The van der Waals surface area contributed by atoms with Crippen LogP contribution in [0.3, 0.4) is 0 Å². The quantitative estimate of drug-likeness (QED) is 0.160. The Kier molecular flexibility index (Phi) is 10.7. The summed E-state index contributed by atoms with van der Waals surface area (Å²) >= 11 is 0. The van der Waals surface area contributed by atoms with Gasteiger partial charge in [-0.1, -0.05) is 174 Å². The van der Waals surface area contributed by atoms with Crippen LogP contribution in [0.2, 0.25) is 0 Å². The van der Waals surface area contributed by atoms with Gasteiger partial charge in [-0.3, -0.25) is 0 Å². The number of fused-ring (bicyclic) bond motifs is 1. The van der Waals surface area contributed by atoms with E-state index < -0.39 is 0 Å². The lowest BCUT2D eigenvalue weighted by atomic mass is 9.83. The molecule has 7 aromatic rings. The van der Waals surface area contributed by atoms with Gasteiger partial charge in [0.1, 0.15) is 0 Å². The fraction of sp³-hybridized carbons (Fsp3) is 0.286. The van der Waals surface area contributed by atoms with Crippen molar-refractivity contribution in [2.45, 2.75) is 105 Å². The van der Waals surface area contributed by atoms with Crippen LogP contribution in [0.1, 0.15) is 105 Å². The van der Waals surface area contributed by atoms with Crippen LogP contribution in [0, 0.1) is 0 Å². The Morgan fingerprint density at radius 1 is 0.293 bits per heavy atom. The average molecular weight is 763 g/mol. The molecule has 0 atom stereocenters. The summed E-state index contributed by atoms with van der Waals surface area (Å²) in [4.78, 5) is 4.97.